The Balaban J connectivity index is 1.61. The third kappa shape index (κ3) is 3.01. The van der Waals surface area contributed by atoms with E-state index < -0.39 is 11.9 Å². The van der Waals surface area contributed by atoms with Crippen LogP contribution in [0, 0.1) is 5.92 Å². The highest BCUT2D eigenvalue weighted by Gasteiger charge is 2.41. The lowest BCUT2D eigenvalue weighted by Crippen LogP contribution is -2.31. The van der Waals surface area contributed by atoms with Gasteiger partial charge in [0.25, 0.3) is 5.91 Å². The number of aliphatic carboxylic acids is 1. The van der Waals surface area contributed by atoms with Crippen LogP contribution in [0.3, 0.4) is 0 Å². The standard InChI is InChI=1S/C19H21N3O5/c1-3-12-7-15(21(2)20-12)18(23)22-8-13(14(9-22)19(24)25)11-4-5-16-17(6-11)27-10-26-16/h4-7,13-14H,3,8-10H2,1-2H3,(H,24,25)/t13-,14+/m1/s1. The molecule has 0 radical (unpaired) electrons. The molecule has 0 unspecified atom stereocenters. The van der Waals surface area contributed by atoms with E-state index in [0.717, 1.165) is 17.7 Å². The van der Waals surface area contributed by atoms with Crippen molar-refractivity contribution in [3.63, 3.8) is 0 Å². The normalized spacial score (nSPS) is 20.9. The number of hydrogen-bond acceptors (Lipinski definition) is 5. The summed E-state index contributed by atoms with van der Waals surface area (Å²) in [6.45, 7) is 2.64. The Labute approximate surface area is 156 Å². The Bertz CT molecular complexity index is 907. The molecule has 2 aromatic rings. The van der Waals surface area contributed by atoms with Crippen LogP contribution >= 0.6 is 0 Å². The first-order valence-electron chi connectivity index (χ1n) is 8.92. The molecule has 1 saturated heterocycles. The third-order valence-electron chi connectivity index (χ3n) is 5.26. The second-order valence-corrected chi connectivity index (χ2v) is 6.87. The number of ether oxygens (including phenoxy) is 2. The van der Waals surface area contributed by atoms with E-state index in [1.807, 2.05) is 19.1 Å². The van der Waals surface area contributed by atoms with Gasteiger partial charge < -0.3 is 19.5 Å². The molecule has 142 valence electrons. The fourth-order valence-electron chi connectivity index (χ4n) is 3.76. The number of carboxylic acid groups (broad SMARTS) is 1. The SMILES string of the molecule is CCc1cc(C(=O)N2C[C@H](C(=O)O)[C@@H](c3ccc4c(c3)OCO4)C2)n(C)n1. The maximum Gasteiger partial charge on any atom is 0.308 e. The van der Waals surface area contributed by atoms with Crippen LogP contribution in [0.5, 0.6) is 11.5 Å². The Morgan fingerprint density at radius 1 is 1.22 bits per heavy atom. The molecule has 8 heteroatoms. The van der Waals surface area contributed by atoms with Gasteiger partial charge in [-0.2, -0.15) is 5.10 Å². The molecule has 3 heterocycles. The van der Waals surface area contributed by atoms with Gasteiger partial charge >= 0.3 is 5.97 Å². The lowest BCUT2D eigenvalue weighted by Gasteiger charge is -2.16. The minimum atomic E-state index is -0.910. The molecule has 0 saturated carbocycles. The van der Waals surface area contributed by atoms with Gasteiger partial charge in [-0.05, 0) is 30.2 Å². The zero-order valence-corrected chi connectivity index (χ0v) is 15.2. The van der Waals surface area contributed by atoms with Gasteiger partial charge in [0.1, 0.15) is 5.69 Å². The van der Waals surface area contributed by atoms with E-state index in [1.54, 1.807) is 28.8 Å². The minimum absolute atomic E-state index is 0.163. The van der Waals surface area contributed by atoms with Crippen LogP contribution in [-0.4, -0.2) is 51.5 Å². The van der Waals surface area contributed by atoms with Crippen molar-refractivity contribution in [3.8, 4) is 11.5 Å². The van der Waals surface area contributed by atoms with Crippen molar-refractivity contribution in [2.45, 2.75) is 19.3 Å². The van der Waals surface area contributed by atoms with E-state index in [0.29, 0.717) is 23.7 Å². The zero-order chi connectivity index (χ0) is 19.1. The van der Waals surface area contributed by atoms with Crippen molar-refractivity contribution in [2.24, 2.45) is 13.0 Å². The number of benzene rings is 1. The molecular formula is C19H21N3O5. The Morgan fingerprint density at radius 3 is 2.70 bits per heavy atom. The summed E-state index contributed by atoms with van der Waals surface area (Å²) >= 11 is 0. The summed E-state index contributed by atoms with van der Waals surface area (Å²) in [5.74, 6) is -0.821. The summed E-state index contributed by atoms with van der Waals surface area (Å²) in [5.41, 5.74) is 2.14. The molecule has 8 nitrogen and oxygen atoms in total. The molecule has 27 heavy (non-hydrogen) atoms. The van der Waals surface area contributed by atoms with E-state index in [1.165, 1.54) is 0 Å². The van der Waals surface area contributed by atoms with Gasteiger partial charge in [-0.25, -0.2) is 0 Å². The van der Waals surface area contributed by atoms with Crippen molar-refractivity contribution in [3.05, 3.63) is 41.2 Å². The summed E-state index contributed by atoms with van der Waals surface area (Å²) in [6, 6.07) is 7.22. The lowest BCUT2D eigenvalue weighted by atomic mass is 9.89. The van der Waals surface area contributed by atoms with Gasteiger partial charge in [0.2, 0.25) is 6.79 Å². The number of likely N-dealkylation sites (tertiary alicyclic amines) is 1. The van der Waals surface area contributed by atoms with Gasteiger partial charge in [0.15, 0.2) is 11.5 Å². The predicted octanol–water partition coefficient (Wildman–Crippen LogP) is 1.65. The Hall–Kier alpha value is -3.03. The topological polar surface area (TPSA) is 93.9 Å². The van der Waals surface area contributed by atoms with Crippen LogP contribution < -0.4 is 9.47 Å². The highest BCUT2D eigenvalue weighted by molar-refractivity contribution is 5.93. The quantitative estimate of drug-likeness (QED) is 0.878. The molecular weight excluding hydrogens is 350 g/mol. The van der Waals surface area contributed by atoms with Crippen LogP contribution in [0.15, 0.2) is 24.3 Å². The van der Waals surface area contributed by atoms with E-state index in [9.17, 15) is 14.7 Å². The number of hydrogen-bond donors (Lipinski definition) is 1. The average Bonchev–Trinajstić information content (AvgIpc) is 3.37. The van der Waals surface area contributed by atoms with Crippen molar-refractivity contribution in [1.82, 2.24) is 14.7 Å². The Kier molecular flexibility index (Phi) is 4.25. The molecule has 1 fully saturated rings. The van der Waals surface area contributed by atoms with Gasteiger partial charge in [-0.1, -0.05) is 13.0 Å². The maximum absolute atomic E-state index is 13.0. The van der Waals surface area contributed by atoms with E-state index in [-0.39, 0.29) is 25.2 Å². The largest absolute Gasteiger partial charge is 0.481 e. The lowest BCUT2D eigenvalue weighted by molar-refractivity contribution is -0.141. The highest BCUT2D eigenvalue weighted by atomic mass is 16.7. The molecule has 2 aliphatic rings. The first-order valence-corrected chi connectivity index (χ1v) is 8.92. The summed E-state index contributed by atoms with van der Waals surface area (Å²) < 4.78 is 12.3. The number of aromatic nitrogens is 2. The summed E-state index contributed by atoms with van der Waals surface area (Å²) in [6.07, 6.45) is 0.735. The summed E-state index contributed by atoms with van der Waals surface area (Å²) in [4.78, 5) is 26.4. The van der Waals surface area contributed by atoms with Crippen LogP contribution in [0.2, 0.25) is 0 Å². The number of rotatable bonds is 4. The van der Waals surface area contributed by atoms with Crippen LogP contribution in [0.4, 0.5) is 0 Å². The van der Waals surface area contributed by atoms with E-state index in [4.69, 9.17) is 9.47 Å². The van der Waals surface area contributed by atoms with Crippen molar-refractivity contribution in [2.75, 3.05) is 19.9 Å². The number of fused-ring (bicyclic) bond motifs is 1. The van der Waals surface area contributed by atoms with E-state index in [2.05, 4.69) is 5.10 Å². The average molecular weight is 371 g/mol. The van der Waals surface area contributed by atoms with Crippen LogP contribution in [-0.2, 0) is 18.3 Å². The smallest absolute Gasteiger partial charge is 0.308 e. The minimum Gasteiger partial charge on any atom is -0.481 e. The van der Waals surface area contributed by atoms with Gasteiger partial charge in [-0.3, -0.25) is 14.3 Å². The summed E-state index contributed by atoms with van der Waals surface area (Å²) in [5, 5.41) is 14.0. The number of aryl methyl sites for hydroxylation is 2. The molecule has 0 aliphatic carbocycles. The zero-order valence-electron chi connectivity index (χ0n) is 15.2. The second kappa shape index (κ2) is 6.61. The molecule has 0 spiro atoms. The molecule has 0 bridgehead atoms. The first kappa shape index (κ1) is 17.4. The number of carbonyl (C=O) groups is 2. The van der Waals surface area contributed by atoms with Crippen LogP contribution in [0.1, 0.15) is 34.6 Å². The van der Waals surface area contributed by atoms with Gasteiger partial charge in [0.05, 0.1) is 11.6 Å². The third-order valence-corrected chi connectivity index (χ3v) is 5.26. The summed E-state index contributed by atoms with van der Waals surface area (Å²) in [7, 11) is 1.73. The first-order chi connectivity index (χ1) is 13.0. The van der Waals surface area contributed by atoms with Crippen molar-refractivity contribution < 1.29 is 24.2 Å². The van der Waals surface area contributed by atoms with E-state index >= 15 is 0 Å². The molecule has 1 amide bonds. The fourth-order valence-corrected chi connectivity index (χ4v) is 3.76. The molecule has 1 aromatic carbocycles. The molecule has 2 atom stereocenters. The number of amides is 1. The fraction of sp³-hybridized carbons (Fsp3) is 0.421. The van der Waals surface area contributed by atoms with Gasteiger partial charge in [-0.15, -0.1) is 0 Å². The van der Waals surface area contributed by atoms with Gasteiger partial charge in [0, 0.05) is 26.1 Å². The molecule has 1 N–H and O–H groups in total. The number of carboxylic acids is 1. The number of nitrogens with zero attached hydrogens (tertiary/aromatic N) is 3. The molecule has 4 rings (SSSR count). The second-order valence-electron chi connectivity index (χ2n) is 6.87. The Morgan fingerprint density at radius 2 is 2.00 bits per heavy atom. The van der Waals surface area contributed by atoms with Crippen molar-refractivity contribution >= 4 is 11.9 Å². The molecule has 2 aliphatic heterocycles. The number of carbonyl (C=O) groups excluding carboxylic acids is 1. The van der Waals surface area contributed by atoms with Crippen LogP contribution in [0.25, 0.3) is 0 Å². The predicted molar refractivity (Wildman–Crippen MR) is 94.9 cm³/mol. The highest BCUT2D eigenvalue weighted by Crippen LogP contribution is 2.39. The molecule has 1 aromatic heterocycles. The van der Waals surface area contributed by atoms with Crippen molar-refractivity contribution in [1.29, 1.82) is 0 Å². The monoisotopic (exact) mass is 371 g/mol. The maximum atomic E-state index is 13.0.